The molecular weight excluding hydrogens is 500 g/mol. The first kappa shape index (κ1) is 24.9. The van der Waals surface area contributed by atoms with E-state index in [-0.39, 0.29) is 23.6 Å². The number of fused-ring (bicyclic) bond motifs is 2. The van der Waals surface area contributed by atoms with Crippen molar-refractivity contribution in [3.63, 3.8) is 0 Å². The number of nitrogens with zero attached hydrogens (tertiary/aromatic N) is 1. The summed E-state index contributed by atoms with van der Waals surface area (Å²) in [5, 5.41) is 4.02. The van der Waals surface area contributed by atoms with Crippen LogP contribution in [-0.4, -0.2) is 55.5 Å². The monoisotopic (exact) mass is 522 g/mol. The zero-order chi connectivity index (χ0) is 25.5. The standard InChI is InChI=1S/C22H22N2O9S2/c1-11(33-35(3,29)30)17-15-10-16(34-9-8-23-12(2)25)18(24(15)19(17)26)21(28)32-22-14-7-5-4-6-13(14)20(27)31-22/h4-9,11,15,17,22H,10H2,1-3H3,(H,23,25)/t11-,15+,17+,22-/m0/s1. The number of esters is 2. The van der Waals surface area contributed by atoms with Crippen LogP contribution in [0.3, 0.4) is 0 Å². The topological polar surface area (TPSA) is 145 Å². The maximum absolute atomic E-state index is 13.2. The highest BCUT2D eigenvalue weighted by Crippen LogP contribution is 2.48. The van der Waals surface area contributed by atoms with Gasteiger partial charge in [0.05, 0.1) is 29.9 Å². The van der Waals surface area contributed by atoms with Crippen LogP contribution < -0.4 is 5.32 Å². The van der Waals surface area contributed by atoms with Gasteiger partial charge in [0.25, 0.3) is 16.4 Å². The smallest absolute Gasteiger partial charge is 0.359 e. The average Bonchev–Trinajstić information content (AvgIpc) is 3.25. The molecule has 1 aromatic rings. The fourth-order valence-corrected chi connectivity index (χ4v) is 5.80. The Bertz CT molecular complexity index is 1270. The van der Waals surface area contributed by atoms with Gasteiger partial charge in [-0.25, -0.2) is 9.59 Å². The summed E-state index contributed by atoms with van der Waals surface area (Å²) in [6, 6.07) is 5.97. The van der Waals surface area contributed by atoms with Gasteiger partial charge in [0.1, 0.15) is 5.70 Å². The Hall–Kier alpha value is -3.16. The minimum absolute atomic E-state index is 0.0271. The molecule has 0 bridgehead atoms. The van der Waals surface area contributed by atoms with Crippen molar-refractivity contribution in [3.8, 4) is 0 Å². The van der Waals surface area contributed by atoms with Crippen molar-refractivity contribution in [2.45, 2.75) is 38.7 Å². The first-order valence-electron chi connectivity index (χ1n) is 10.5. The van der Waals surface area contributed by atoms with Crippen molar-refractivity contribution in [3.05, 3.63) is 57.6 Å². The van der Waals surface area contributed by atoms with Crippen LogP contribution in [0.1, 0.15) is 42.5 Å². The first-order valence-corrected chi connectivity index (χ1v) is 13.2. The van der Waals surface area contributed by atoms with E-state index in [0.29, 0.717) is 10.5 Å². The van der Waals surface area contributed by atoms with Gasteiger partial charge in [-0.1, -0.05) is 30.0 Å². The maximum atomic E-state index is 13.2. The number of ether oxygens (including phenoxy) is 2. The molecule has 1 aromatic carbocycles. The lowest BCUT2D eigenvalue weighted by Crippen LogP contribution is -2.62. The molecule has 3 aliphatic heterocycles. The summed E-state index contributed by atoms with van der Waals surface area (Å²) < 4.78 is 38.8. The summed E-state index contributed by atoms with van der Waals surface area (Å²) in [7, 11) is -3.80. The van der Waals surface area contributed by atoms with Crippen molar-refractivity contribution in [2.24, 2.45) is 5.92 Å². The molecular formula is C22H22N2O9S2. The van der Waals surface area contributed by atoms with Gasteiger partial charge in [-0.3, -0.25) is 13.8 Å². The molecule has 11 nitrogen and oxygen atoms in total. The van der Waals surface area contributed by atoms with Gasteiger partial charge in [0.15, 0.2) is 0 Å². The molecule has 3 heterocycles. The van der Waals surface area contributed by atoms with Crippen LogP contribution >= 0.6 is 11.8 Å². The Kier molecular flexibility index (Phi) is 6.75. The lowest BCUT2D eigenvalue weighted by molar-refractivity contribution is -0.172. The molecule has 1 N–H and O–H groups in total. The van der Waals surface area contributed by atoms with E-state index in [0.717, 1.165) is 18.0 Å². The zero-order valence-corrected chi connectivity index (χ0v) is 20.6. The van der Waals surface area contributed by atoms with E-state index >= 15 is 0 Å². The van der Waals surface area contributed by atoms with Gasteiger partial charge in [-0.15, -0.1) is 0 Å². The average molecular weight is 523 g/mol. The second kappa shape index (κ2) is 9.47. The Morgan fingerprint density at radius 1 is 1.29 bits per heavy atom. The summed E-state index contributed by atoms with van der Waals surface area (Å²) in [6.45, 7) is 2.82. The predicted octanol–water partition coefficient (Wildman–Crippen LogP) is 1.55. The normalized spacial score (nSPS) is 24.1. The van der Waals surface area contributed by atoms with Gasteiger partial charge in [0, 0.05) is 30.0 Å². The number of benzene rings is 1. The number of carbonyl (C=O) groups excluding carboxylic acids is 4. The van der Waals surface area contributed by atoms with Crippen molar-refractivity contribution >= 4 is 45.6 Å². The van der Waals surface area contributed by atoms with Crippen molar-refractivity contribution in [1.82, 2.24) is 10.2 Å². The predicted molar refractivity (Wildman–Crippen MR) is 122 cm³/mol. The van der Waals surface area contributed by atoms with E-state index in [9.17, 15) is 27.6 Å². The molecule has 0 spiro atoms. The molecule has 1 saturated heterocycles. The summed E-state index contributed by atoms with van der Waals surface area (Å²) in [4.78, 5) is 51.1. The second-order valence-electron chi connectivity index (χ2n) is 8.13. The molecule has 186 valence electrons. The third-order valence-corrected chi connectivity index (χ3v) is 7.19. The largest absolute Gasteiger partial charge is 0.417 e. The number of amides is 2. The zero-order valence-electron chi connectivity index (χ0n) is 18.9. The number of rotatable bonds is 8. The molecule has 35 heavy (non-hydrogen) atoms. The van der Waals surface area contributed by atoms with Gasteiger partial charge in [-0.05, 0) is 18.4 Å². The molecule has 1 fully saturated rings. The van der Waals surface area contributed by atoms with Crippen molar-refractivity contribution in [1.29, 1.82) is 0 Å². The van der Waals surface area contributed by atoms with Gasteiger partial charge >= 0.3 is 11.9 Å². The lowest BCUT2D eigenvalue weighted by atomic mass is 9.83. The van der Waals surface area contributed by atoms with E-state index in [2.05, 4.69) is 5.32 Å². The van der Waals surface area contributed by atoms with Crippen molar-refractivity contribution in [2.75, 3.05) is 6.26 Å². The van der Waals surface area contributed by atoms with Gasteiger partial charge < -0.3 is 19.7 Å². The molecule has 0 aliphatic carbocycles. The quantitative estimate of drug-likeness (QED) is 0.303. The highest BCUT2D eigenvalue weighted by Gasteiger charge is 2.58. The SMILES string of the molecule is CC(=O)NC=CSC1=C(C(=O)O[C@@H]2OC(=O)c3ccccc32)N2C(=O)[C@H]([C@H](C)OS(C)(=O)=O)[C@H]2C1. The lowest BCUT2D eigenvalue weighted by Gasteiger charge is -2.45. The molecule has 2 amide bonds. The van der Waals surface area contributed by atoms with Crippen LogP contribution in [0.4, 0.5) is 0 Å². The number of cyclic esters (lactones) is 1. The van der Waals surface area contributed by atoms with Gasteiger partial charge in [0.2, 0.25) is 11.8 Å². The highest BCUT2D eigenvalue weighted by atomic mass is 32.2. The van der Waals surface area contributed by atoms with E-state index in [4.69, 9.17) is 13.7 Å². The molecule has 0 saturated carbocycles. The van der Waals surface area contributed by atoms with Crippen LogP contribution in [0.25, 0.3) is 0 Å². The number of nitrogens with one attached hydrogen (secondary N) is 1. The van der Waals surface area contributed by atoms with Crippen LogP contribution in [-0.2, 0) is 38.2 Å². The highest BCUT2D eigenvalue weighted by molar-refractivity contribution is 8.05. The third kappa shape index (κ3) is 4.97. The Morgan fingerprint density at radius 3 is 2.69 bits per heavy atom. The number of thioether (sulfide) groups is 1. The van der Waals surface area contributed by atoms with Crippen LogP contribution in [0.5, 0.6) is 0 Å². The third-order valence-electron chi connectivity index (χ3n) is 5.62. The molecule has 3 aliphatic rings. The Labute approximate surface area is 205 Å². The van der Waals surface area contributed by atoms with E-state index in [1.807, 2.05) is 0 Å². The number of carbonyl (C=O) groups is 4. The molecule has 0 aromatic heterocycles. The van der Waals surface area contributed by atoms with Crippen molar-refractivity contribution < 1.29 is 41.3 Å². The van der Waals surface area contributed by atoms with Crippen LogP contribution in [0, 0.1) is 5.92 Å². The summed E-state index contributed by atoms with van der Waals surface area (Å²) in [5.41, 5.74) is 0.646. The molecule has 13 heteroatoms. The first-order chi connectivity index (χ1) is 16.5. The molecule has 0 radical (unpaired) electrons. The maximum Gasteiger partial charge on any atom is 0.359 e. The number of hydrogen-bond acceptors (Lipinski definition) is 10. The minimum Gasteiger partial charge on any atom is -0.417 e. The number of hydrogen-bond donors (Lipinski definition) is 1. The Morgan fingerprint density at radius 2 is 2.00 bits per heavy atom. The molecule has 0 unspecified atom stereocenters. The second-order valence-corrected chi connectivity index (χ2v) is 10.7. The summed E-state index contributed by atoms with van der Waals surface area (Å²) in [5.74, 6) is -3.05. The summed E-state index contributed by atoms with van der Waals surface area (Å²) in [6.07, 6.45) is 0.336. The fourth-order valence-electron chi connectivity index (χ4n) is 4.27. The fraction of sp³-hybridized carbons (Fsp3) is 0.364. The Balaban J connectivity index is 1.57. The van der Waals surface area contributed by atoms with Crippen LogP contribution in [0.15, 0.2) is 46.5 Å². The van der Waals surface area contributed by atoms with E-state index < -0.39 is 52.3 Å². The minimum atomic E-state index is -3.80. The van der Waals surface area contributed by atoms with Crippen LogP contribution in [0.2, 0.25) is 0 Å². The molecule has 4 rings (SSSR count). The van der Waals surface area contributed by atoms with E-state index in [1.54, 1.807) is 24.3 Å². The molecule has 4 atom stereocenters. The number of β-lactam (4-membered cyclic amide) rings is 1. The van der Waals surface area contributed by atoms with Gasteiger partial charge in [-0.2, -0.15) is 8.42 Å². The van der Waals surface area contributed by atoms with E-state index in [1.165, 1.54) is 30.4 Å². The summed E-state index contributed by atoms with van der Waals surface area (Å²) >= 11 is 1.11.